The third kappa shape index (κ3) is 2.97. The van der Waals surface area contributed by atoms with Crippen LogP contribution in [0.1, 0.15) is 33.3 Å². The lowest BCUT2D eigenvalue weighted by Gasteiger charge is -2.38. The van der Waals surface area contributed by atoms with Crippen LogP contribution in [0.25, 0.3) is 0 Å². The van der Waals surface area contributed by atoms with Gasteiger partial charge >= 0.3 is 0 Å². The smallest absolute Gasteiger partial charge is 0.120 e. The van der Waals surface area contributed by atoms with Crippen molar-refractivity contribution >= 4 is 0 Å². The Morgan fingerprint density at radius 3 is 2.19 bits per heavy atom. The van der Waals surface area contributed by atoms with Gasteiger partial charge in [-0.15, -0.1) is 0 Å². The summed E-state index contributed by atoms with van der Waals surface area (Å²) < 4.78 is 0. The maximum Gasteiger partial charge on any atom is 0.120 e. The maximum atomic E-state index is 9.97. The van der Waals surface area contributed by atoms with E-state index in [-0.39, 0.29) is 5.75 Å². The van der Waals surface area contributed by atoms with Gasteiger partial charge < -0.3 is 15.5 Å². The van der Waals surface area contributed by atoms with Crippen LogP contribution < -0.4 is 5.32 Å². The molecule has 0 saturated heterocycles. The number of rotatable bonds is 4. The molecule has 0 fully saturated rings. The molecule has 3 heteroatoms. The molecule has 0 amide bonds. The average molecular weight is 223 g/mol. The molecule has 0 aliphatic carbocycles. The summed E-state index contributed by atoms with van der Waals surface area (Å²) in [5, 5.41) is 22.8. The van der Waals surface area contributed by atoms with Gasteiger partial charge in [0.15, 0.2) is 0 Å². The first-order valence-electron chi connectivity index (χ1n) is 5.48. The minimum absolute atomic E-state index is 0.279. The standard InChI is InChI=1S/C13H21NO2/c1-12(2,13(3,4)16)14-9-10-7-5-6-8-11(10)15/h5-8,14-16H,9H2,1-4H3. The lowest BCUT2D eigenvalue weighted by atomic mass is 9.86. The van der Waals surface area contributed by atoms with E-state index < -0.39 is 11.1 Å². The van der Waals surface area contributed by atoms with Gasteiger partial charge in [-0.2, -0.15) is 0 Å². The van der Waals surface area contributed by atoms with Crippen LogP contribution in [0.3, 0.4) is 0 Å². The zero-order chi connectivity index (χ0) is 12.4. The van der Waals surface area contributed by atoms with Gasteiger partial charge in [0.2, 0.25) is 0 Å². The number of para-hydroxylation sites is 1. The molecule has 3 N–H and O–H groups in total. The van der Waals surface area contributed by atoms with Crippen LogP contribution in [0.5, 0.6) is 5.75 Å². The zero-order valence-electron chi connectivity index (χ0n) is 10.4. The first-order valence-corrected chi connectivity index (χ1v) is 5.48. The molecule has 0 atom stereocenters. The quantitative estimate of drug-likeness (QED) is 0.732. The van der Waals surface area contributed by atoms with Crippen molar-refractivity contribution in [2.24, 2.45) is 0 Å². The van der Waals surface area contributed by atoms with Gasteiger partial charge in [0.25, 0.3) is 0 Å². The van der Waals surface area contributed by atoms with E-state index >= 15 is 0 Å². The second kappa shape index (κ2) is 4.44. The molecule has 3 nitrogen and oxygen atoms in total. The van der Waals surface area contributed by atoms with Crippen LogP contribution in [-0.2, 0) is 6.54 Å². The first kappa shape index (κ1) is 13.0. The first-order chi connectivity index (χ1) is 7.24. The van der Waals surface area contributed by atoms with Crippen molar-refractivity contribution in [3.8, 4) is 5.75 Å². The highest BCUT2D eigenvalue weighted by Gasteiger charge is 2.34. The highest BCUT2D eigenvalue weighted by molar-refractivity contribution is 5.31. The van der Waals surface area contributed by atoms with Crippen molar-refractivity contribution in [1.29, 1.82) is 0 Å². The monoisotopic (exact) mass is 223 g/mol. The van der Waals surface area contributed by atoms with E-state index in [1.165, 1.54) is 0 Å². The van der Waals surface area contributed by atoms with Crippen molar-refractivity contribution in [3.63, 3.8) is 0 Å². The molecule has 1 rings (SSSR count). The molecule has 16 heavy (non-hydrogen) atoms. The molecule has 0 aliphatic heterocycles. The van der Waals surface area contributed by atoms with E-state index in [1.807, 2.05) is 26.0 Å². The Morgan fingerprint density at radius 2 is 1.69 bits per heavy atom. The highest BCUT2D eigenvalue weighted by atomic mass is 16.3. The van der Waals surface area contributed by atoms with Crippen molar-refractivity contribution < 1.29 is 10.2 Å². The molecule has 90 valence electrons. The van der Waals surface area contributed by atoms with E-state index in [2.05, 4.69) is 5.32 Å². The summed E-state index contributed by atoms with van der Waals surface area (Å²) in [6.45, 7) is 7.94. The van der Waals surface area contributed by atoms with Crippen LogP contribution >= 0.6 is 0 Å². The van der Waals surface area contributed by atoms with Crippen LogP contribution in [0.2, 0.25) is 0 Å². The molecule has 0 radical (unpaired) electrons. The molecule has 0 saturated carbocycles. The molecule has 0 aromatic heterocycles. The van der Waals surface area contributed by atoms with Gasteiger partial charge in [-0.05, 0) is 33.8 Å². The summed E-state index contributed by atoms with van der Waals surface area (Å²) in [4.78, 5) is 0. The largest absolute Gasteiger partial charge is 0.508 e. The van der Waals surface area contributed by atoms with Gasteiger partial charge in [0.05, 0.1) is 5.60 Å². The number of aliphatic hydroxyl groups is 1. The second-order valence-corrected chi connectivity index (χ2v) is 5.17. The van der Waals surface area contributed by atoms with Gasteiger partial charge in [-0.25, -0.2) is 0 Å². The van der Waals surface area contributed by atoms with E-state index in [9.17, 15) is 10.2 Å². The SMILES string of the molecule is CC(C)(O)C(C)(C)NCc1ccccc1O. The summed E-state index contributed by atoms with van der Waals surface area (Å²) in [6.07, 6.45) is 0. The van der Waals surface area contributed by atoms with Gasteiger partial charge in [0.1, 0.15) is 5.75 Å². The van der Waals surface area contributed by atoms with Gasteiger partial charge in [0, 0.05) is 17.6 Å². The van der Waals surface area contributed by atoms with E-state index in [4.69, 9.17) is 0 Å². The average Bonchev–Trinajstić information content (AvgIpc) is 2.15. The Morgan fingerprint density at radius 1 is 1.12 bits per heavy atom. The molecule has 1 aromatic carbocycles. The summed E-state index contributed by atoms with van der Waals surface area (Å²) >= 11 is 0. The minimum Gasteiger partial charge on any atom is -0.508 e. The number of phenolic OH excluding ortho intramolecular Hbond substituents is 1. The number of aromatic hydroxyl groups is 1. The molecule has 0 heterocycles. The fourth-order valence-electron chi connectivity index (χ4n) is 1.19. The highest BCUT2D eigenvalue weighted by Crippen LogP contribution is 2.22. The van der Waals surface area contributed by atoms with Crippen LogP contribution in [0.15, 0.2) is 24.3 Å². The fraction of sp³-hybridized carbons (Fsp3) is 0.538. The third-order valence-electron chi connectivity index (χ3n) is 3.24. The molecule has 0 aliphatic rings. The van der Waals surface area contributed by atoms with Crippen molar-refractivity contribution in [2.75, 3.05) is 0 Å². The number of hydrogen-bond donors (Lipinski definition) is 3. The summed E-state index contributed by atoms with van der Waals surface area (Å²) in [7, 11) is 0. The predicted octanol–water partition coefficient (Wildman–Crippen LogP) is 2.03. The Labute approximate surface area is 97.1 Å². The summed E-state index contributed by atoms with van der Waals surface area (Å²) in [5.74, 6) is 0.279. The molecule has 1 aromatic rings. The zero-order valence-corrected chi connectivity index (χ0v) is 10.4. The number of phenols is 1. The lowest BCUT2D eigenvalue weighted by molar-refractivity contribution is -0.00539. The van der Waals surface area contributed by atoms with Crippen molar-refractivity contribution in [2.45, 2.75) is 45.4 Å². The van der Waals surface area contributed by atoms with Crippen molar-refractivity contribution in [1.82, 2.24) is 5.32 Å². The maximum absolute atomic E-state index is 9.97. The topological polar surface area (TPSA) is 52.5 Å². The number of nitrogens with one attached hydrogen (secondary N) is 1. The van der Waals surface area contributed by atoms with E-state index in [0.29, 0.717) is 6.54 Å². The Bertz CT molecular complexity index is 353. The number of hydrogen-bond acceptors (Lipinski definition) is 3. The van der Waals surface area contributed by atoms with Gasteiger partial charge in [-0.1, -0.05) is 18.2 Å². The second-order valence-electron chi connectivity index (χ2n) is 5.17. The summed E-state index contributed by atoms with van der Waals surface area (Å²) in [6, 6.07) is 7.20. The Kier molecular flexibility index (Phi) is 3.61. The van der Waals surface area contributed by atoms with Crippen LogP contribution in [0.4, 0.5) is 0 Å². The Balaban J connectivity index is 2.69. The molecule has 0 bridgehead atoms. The molecule has 0 spiro atoms. The molecule has 0 unspecified atom stereocenters. The fourth-order valence-corrected chi connectivity index (χ4v) is 1.19. The lowest BCUT2D eigenvalue weighted by Crippen LogP contribution is -2.55. The van der Waals surface area contributed by atoms with Crippen molar-refractivity contribution in [3.05, 3.63) is 29.8 Å². The van der Waals surface area contributed by atoms with E-state index in [1.54, 1.807) is 26.0 Å². The minimum atomic E-state index is -0.822. The Hall–Kier alpha value is -1.06. The van der Waals surface area contributed by atoms with Gasteiger partial charge in [-0.3, -0.25) is 0 Å². The molecular formula is C13H21NO2. The van der Waals surface area contributed by atoms with Crippen LogP contribution in [-0.4, -0.2) is 21.4 Å². The molecular weight excluding hydrogens is 202 g/mol. The summed E-state index contributed by atoms with van der Waals surface area (Å²) in [5.41, 5.74) is -0.410. The van der Waals surface area contributed by atoms with E-state index in [0.717, 1.165) is 5.56 Å². The predicted molar refractivity (Wildman–Crippen MR) is 65.3 cm³/mol. The normalized spacial score (nSPS) is 12.8. The third-order valence-corrected chi connectivity index (χ3v) is 3.24. The van der Waals surface area contributed by atoms with Crippen LogP contribution in [0, 0.1) is 0 Å². The number of benzene rings is 1.